The van der Waals surface area contributed by atoms with Crippen LogP contribution >= 0.6 is 0 Å². The number of likely N-dealkylation sites (N-methyl/N-ethyl adjacent to an activating group) is 1. The first-order chi connectivity index (χ1) is 9.04. The summed E-state index contributed by atoms with van der Waals surface area (Å²) in [6, 6.07) is 0. The van der Waals surface area contributed by atoms with Gasteiger partial charge in [0.05, 0.1) is 22.7 Å². The van der Waals surface area contributed by atoms with E-state index in [0.717, 1.165) is 19.4 Å². The third-order valence-electron chi connectivity index (χ3n) is 3.46. The molecule has 0 N–H and O–H groups in total. The molecule has 0 unspecified atom stereocenters. The quantitative estimate of drug-likeness (QED) is 0.679. The molecule has 0 atom stereocenters. The van der Waals surface area contributed by atoms with Crippen LogP contribution in [0.3, 0.4) is 0 Å². The molecule has 0 heterocycles. The van der Waals surface area contributed by atoms with E-state index in [4.69, 9.17) is 4.74 Å². The van der Waals surface area contributed by atoms with Gasteiger partial charge in [-0.1, -0.05) is 20.3 Å². The molecular weight excluding hydrogens is 274 g/mol. The summed E-state index contributed by atoms with van der Waals surface area (Å²) in [6.45, 7) is 11.3. The topological polar surface area (TPSA) is 46.6 Å². The van der Waals surface area contributed by atoms with Crippen LogP contribution in [0.1, 0.15) is 53.9 Å². The third-order valence-corrected chi connectivity index (χ3v) is 6.74. The first kappa shape index (κ1) is 19.9. The summed E-state index contributed by atoms with van der Waals surface area (Å²) in [4.78, 5) is 2.02. The second-order valence-electron chi connectivity index (χ2n) is 6.78. The molecule has 0 spiro atoms. The Morgan fingerprint density at radius 3 is 2.00 bits per heavy atom. The van der Waals surface area contributed by atoms with Gasteiger partial charge in [0.25, 0.3) is 0 Å². The van der Waals surface area contributed by atoms with E-state index >= 15 is 0 Å². The summed E-state index contributed by atoms with van der Waals surface area (Å²) in [5, 5.41) is 0. The number of nitrogens with zero attached hydrogens (tertiary/aromatic N) is 1. The van der Waals surface area contributed by atoms with Crippen molar-refractivity contribution >= 4 is 9.84 Å². The molecule has 0 radical (unpaired) electrons. The lowest BCUT2D eigenvalue weighted by molar-refractivity contribution is 0.102. The zero-order valence-electron chi connectivity index (χ0n) is 14.3. The Balaban J connectivity index is 0.00000110. The van der Waals surface area contributed by atoms with Gasteiger partial charge in [-0.2, -0.15) is 0 Å². The maximum atomic E-state index is 12.4. The SMILES string of the molecule is CCC.CN(C)CCOCC(C)(C)S(=O)(=O)C1(C)CC1. The maximum Gasteiger partial charge on any atom is 0.163 e. The standard InChI is InChI=1S/C12H25NO3S.C3H8/c1-11(2,10-16-9-8-13(4)5)17(14,15)12(3)6-7-12;1-3-2/h6-10H2,1-5H3;3H2,1-2H3. The first-order valence-electron chi connectivity index (χ1n) is 7.50. The highest BCUT2D eigenvalue weighted by atomic mass is 32.2. The minimum atomic E-state index is -3.10. The van der Waals surface area contributed by atoms with Crippen LogP contribution in [0, 0.1) is 0 Å². The summed E-state index contributed by atoms with van der Waals surface area (Å²) in [5.41, 5.74) is 0. The number of ether oxygens (including phenoxy) is 1. The zero-order valence-corrected chi connectivity index (χ0v) is 15.1. The molecule has 0 aromatic carbocycles. The van der Waals surface area contributed by atoms with Crippen LogP contribution in [0.25, 0.3) is 0 Å². The molecule has 0 saturated heterocycles. The molecule has 0 amide bonds. The highest BCUT2D eigenvalue weighted by Gasteiger charge is 2.56. The molecular formula is C15H33NO3S. The average molecular weight is 308 g/mol. The van der Waals surface area contributed by atoms with Crippen LogP contribution in [0.2, 0.25) is 0 Å². The third kappa shape index (κ3) is 5.34. The van der Waals surface area contributed by atoms with Crippen LogP contribution in [0.4, 0.5) is 0 Å². The predicted octanol–water partition coefficient (Wildman–Crippen LogP) is 2.73. The summed E-state index contributed by atoms with van der Waals surface area (Å²) < 4.78 is 29.0. The molecule has 122 valence electrons. The largest absolute Gasteiger partial charge is 0.379 e. The minimum absolute atomic E-state index is 0.277. The molecule has 20 heavy (non-hydrogen) atoms. The molecule has 4 nitrogen and oxygen atoms in total. The molecule has 1 fully saturated rings. The van der Waals surface area contributed by atoms with E-state index in [1.807, 2.05) is 25.9 Å². The van der Waals surface area contributed by atoms with E-state index in [9.17, 15) is 8.42 Å². The Labute approximate surface area is 125 Å². The number of rotatable bonds is 7. The number of hydrogen-bond donors (Lipinski definition) is 0. The number of sulfone groups is 1. The highest BCUT2D eigenvalue weighted by molar-refractivity contribution is 7.94. The van der Waals surface area contributed by atoms with Gasteiger partial charge >= 0.3 is 0 Å². The second-order valence-corrected chi connectivity index (χ2v) is 9.87. The monoisotopic (exact) mass is 307 g/mol. The van der Waals surface area contributed by atoms with Gasteiger partial charge in [-0.3, -0.25) is 0 Å². The van der Waals surface area contributed by atoms with Gasteiger partial charge in [0, 0.05) is 6.54 Å². The molecule has 0 bridgehead atoms. The fourth-order valence-electron chi connectivity index (χ4n) is 1.75. The molecule has 1 aliphatic carbocycles. The fraction of sp³-hybridized carbons (Fsp3) is 1.00. The van der Waals surface area contributed by atoms with Crippen molar-refractivity contribution in [3.8, 4) is 0 Å². The normalized spacial score (nSPS) is 17.6. The van der Waals surface area contributed by atoms with Crippen LogP contribution in [0.15, 0.2) is 0 Å². The second kappa shape index (κ2) is 7.76. The molecule has 1 saturated carbocycles. The summed E-state index contributed by atoms with van der Waals surface area (Å²) in [5.74, 6) is 0. The number of hydrogen-bond acceptors (Lipinski definition) is 4. The minimum Gasteiger partial charge on any atom is -0.379 e. The summed E-state index contributed by atoms with van der Waals surface area (Å²) >= 11 is 0. The summed E-state index contributed by atoms with van der Waals surface area (Å²) in [7, 11) is 0.833. The lowest BCUT2D eigenvalue weighted by Crippen LogP contribution is -2.43. The summed E-state index contributed by atoms with van der Waals surface area (Å²) in [6.07, 6.45) is 2.83. The van der Waals surface area contributed by atoms with Crippen molar-refractivity contribution in [1.82, 2.24) is 4.90 Å². The molecule has 1 aliphatic rings. The van der Waals surface area contributed by atoms with Crippen molar-refractivity contribution in [3.05, 3.63) is 0 Å². The lowest BCUT2D eigenvalue weighted by atomic mass is 10.2. The Morgan fingerprint density at radius 1 is 1.20 bits per heavy atom. The maximum absolute atomic E-state index is 12.4. The molecule has 0 aliphatic heterocycles. The average Bonchev–Trinajstić information content (AvgIpc) is 3.05. The Bertz CT molecular complexity index is 371. The van der Waals surface area contributed by atoms with Crippen molar-refractivity contribution in [2.45, 2.75) is 63.4 Å². The van der Waals surface area contributed by atoms with Crippen molar-refractivity contribution in [2.75, 3.05) is 33.9 Å². The van der Waals surface area contributed by atoms with Gasteiger partial charge in [-0.25, -0.2) is 8.42 Å². The van der Waals surface area contributed by atoms with Crippen molar-refractivity contribution in [3.63, 3.8) is 0 Å². The molecule has 1 rings (SSSR count). The van der Waals surface area contributed by atoms with Crippen LogP contribution in [0.5, 0.6) is 0 Å². The molecule has 5 heteroatoms. The van der Waals surface area contributed by atoms with Gasteiger partial charge in [0.1, 0.15) is 0 Å². The first-order valence-corrected chi connectivity index (χ1v) is 8.99. The van der Waals surface area contributed by atoms with E-state index in [1.165, 1.54) is 6.42 Å². The van der Waals surface area contributed by atoms with Gasteiger partial charge in [0.15, 0.2) is 9.84 Å². The Morgan fingerprint density at radius 2 is 1.65 bits per heavy atom. The smallest absolute Gasteiger partial charge is 0.163 e. The van der Waals surface area contributed by atoms with E-state index in [2.05, 4.69) is 13.8 Å². The van der Waals surface area contributed by atoms with Crippen molar-refractivity contribution in [2.24, 2.45) is 0 Å². The lowest BCUT2D eigenvalue weighted by Gasteiger charge is -2.28. The van der Waals surface area contributed by atoms with E-state index < -0.39 is 19.3 Å². The van der Waals surface area contributed by atoms with E-state index in [-0.39, 0.29) is 6.61 Å². The van der Waals surface area contributed by atoms with Gasteiger partial charge in [-0.05, 0) is 47.7 Å². The fourth-order valence-corrected chi connectivity index (χ4v) is 3.97. The van der Waals surface area contributed by atoms with Crippen LogP contribution < -0.4 is 0 Å². The Hall–Kier alpha value is -0.130. The molecule has 0 aromatic heterocycles. The Kier molecular flexibility index (Phi) is 7.71. The highest BCUT2D eigenvalue weighted by Crippen LogP contribution is 2.47. The van der Waals surface area contributed by atoms with Gasteiger partial charge in [-0.15, -0.1) is 0 Å². The predicted molar refractivity (Wildman–Crippen MR) is 86.0 cm³/mol. The van der Waals surface area contributed by atoms with Gasteiger partial charge < -0.3 is 9.64 Å². The van der Waals surface area contributed by atoms with E-state index in [1.54, 1.807) is 13.8 Å². The van der Waals surface area contributed by atoms with Crippen LogP contribution in [-0.4, -0.2) is 56.7 Å². The van der Waals surface area contributed by atoms with Gasteiger partial charge in [0.2, 0.25) is 0 Å². The van der Waals surface area contributed by atoms with Crippen molar-refractivity contribution < 1.29 is 13.2 Å². The van der Waals surface area contributed by atoms with E-state index in [0.29, 0.717) is 6.61 Å². The molecule has 0 aromatic rings. The van der Waals surface area contributed by atoms with Crippen LogP contribution in [-0.2, 0) is 14.6 Å². The zero-order chi connectivity index (χ0) is 16.0. The van der Waals surface area contributed by atoms with Crippen molar-refractivity contribution in [1.29, 1.82) is 0 Å².